The second-order valence-electron chi connectivity index (χ2n) is 4.43. The molecule has 0 spiro atoms. The van der Waals surface area contributed by atoms with Crippen LogP contribution in [-0.4, -0.2) is 11.5 Å². The molecule has 1 unspecified atom stereocenters. The summed E-state index contributed by atoms with van der Waals surface area (Å²) in [6.45, 7) is 0.650. The van der Waals surface area contributed by atoms with Crippen molar-refractivity contribution in [1.82, 2.24) is 5.32 Å². The van der Waals surface area contributed by atoms with Crippen LogP contribution in [0.2, 0.25) is 0 Å². The van der Waals surface area contributed by atoms with Crippen LogP contribution in [0, 0.1) is 0 Å². The van der Waals surface area contributed by atoms with E-state index < -0.39 is 5.25 Å². The topological polar surface area (TPSA) is 36.4 Å². The van der Waals surface area contributed by atoms with Gasteiger partial charge in [-0.1, -0.05) is 60.1 Å². The molecule has 0 aromatic heterocycles. The van der Waals surface area contributed by atoms with Gasteiger partial charge >= 0.3 is 0 Å². The quantitative estimate of drug-likeness (QED) is 0.665. The number of nitrogens with zero attached hydrogens (tertiary/aromatic N) is 1. The maximum absolute atomic E-state index is 6.43. The number of hydrogen-bond donors (Lipinski definition) is 2. The van der Waals surface area contributed by atoms with Gasteiger partial charge in [0, 0.05) is 24.0 Å². The predicted molar refractivity (Wildman–Crippen MR) is 79.5 cm³/mol. The molecular weight excluding hydrogens is 258 g/mol. The molecule has 1 aliphatic heterocycles. The Bertz CT molecular complexity index is 597. The minimum Gasteiger partial charge on any atom is -0.335 e. The fourth-order valence-corrected chi connectivity index (χ4v) is 2.21. The summed E-state index contributed by atoms with van der Waals surface area (Å²) in [4.78, 5) is 4.34. The molecule has 96 valence electrons. The second-order valence-corrected chi connectivity index (χ2v) is 4.98. The van der Waals surface area contributed by atoms with Gasteiger partial charge in [-0.25, -0.2) is 4.99 Å². The fourth-order valence-electron chi connectivity index (χ4n) is 2.00. The third kappa shape index (κ3) is 2.78. The standard InChI is InChI=1S/C15H14ClN3/c16-15(17-10-12-6-2-1-3-7-12)18-11-13-8-4-5-9-14(13)19-15/h1-9,11,17,19H,10H2. The van der Waals surface area contributed by atoms with Crippen molar-refractivity contribution in [3.63, 3.8) is 0 Å². The molecule has 2 N–H and O–H groups in total. The molecule has 0 radical (unpaired) electrons. The maximum Gasteiger partial charge on any atom is 0.265 e. The molecule has 3 rings (SSSR count). The molecule has 1 heterocycles. The smallest absolute Gasteiger partial charge is 0.265 e. The number of fused-ring (bicyclic) bond motifs is 1. The van der Waals surface area contributed by atoms with Crippen LogP contribution in [0.3, 0.4) is 0 Å². The molecule has 0 amide bonds. The van der Waals surface area contributed by atoms with Crippen LogP contribution in [0.5, 0.6) is 0 Å². The first-order valence-corrected chi connectivity index (χ1v) is 6.53. The van der Waals surface area contributed by atoms with Crippen molar-refractivity contribution in [3.8, 4) is 0 Å². The van der Waals surface area contributed by atoms with Gasteiger partial charge in [-0.3, -0.25) is 5.32 Å². The number of rotatable bonds is 3. The Balaban J connectivity index is 1.72. The molecule has 1 aliphatic rings. The Hall–Kier alpha value is -1.84. The molecule has 0 saturated heterocycles. The largest absolute Gasteiger partial charge is 0.335 e. The van der Waals surface area contributed by atoms with Crippen molar-refractivity contribution >= 4 is 23.5 Å². The van der Waals surface area contributed by atoms with Gasteiger partial charge in [-0.15, -0.1) is 0 Å². The first-order valence-electron chi connectivity index (χ1n) is 6.15. The lowest BCUT2D eigenvalue weighted by Gasteiger charge is -2.30. The van der Waals surface area contributed by atoms with Crippen molar-refractivity contribution < 1.29 is 0 Å². The average molecular weight is 272 g/mol. The minimum absolute atomic E-state index is 0.650. The second kappa shape index (κ2) is 5.03. The van der Waals surface area contributed by atoms with Crippen LogP contribution in [0.15, 0.2) is 59.6 Å². The Morgan fingerprint density at radius 2 is 1.79 bits per heavy atom. The zero-order valence-electron chi connectivity index (χ0n) is 10.3. The van der Waals surface area contributed by atoms with E-state index in [0.717, 1.165) is 11.3 Å². The van der Waals surface area contributed by atoms with Crippen molar-refractivity contribution in [3.05, 3.63) is 65.7 Å². The van der Waals surface area contributed by atoms with E-state index in [1.807, 2.05) is 54.6 Å². The zero-order valence-corrected chi connectivity index (χ0v) is 11.1. The lowest BCUT2D eigenvalue weighted by molar-refractivity contribution is 0.522. The summed E-state index contributed by atoms with van der Waals surface area (Å²) in [5, 5.41) is 5.43. The molecule has 19 heavy (non-hydrogen) atoms. The molecule has 0 aliphatic carbocycles. The zero-order chi connectivity index (χ0) is 13.1. The summed E-state index contributed by atoms with van der Waals surface area (Å²) in [6, 6.07) is 18.0. The highest BCUT2D eigenvalue weighted by atomic mass is 35.5. The van der Waals surface area contributed by atoms with Crippen molar-refractivity contribution in [1.29, 1.82) is 0 Å². The van der Waals surface area contributed by atoms with Crippen LogP contribution in [0.25, 0.3) is 0 Å². The Kier molecular flexibility index (Phi) is 3.23. The predicted octanol–water partition coefficient (Wildman–Crippen LogP) is 3.17. The van der Waals surface area contributed by atoms with Crippen LogP contribution < -0.4 is 10.6 Å². The summed E-state index contributed by atoms with van der Waals surface area (Å²) < 4.78 is 0. The first-order chi connectivity index (χ1) is 9.25. The highest BCUT2D eigenvalue weighted by molar-refractivity contribution is 6.25. The van der Waals surface area contributed by atoms with Crippen LogP contribution >= 0.6 is 11.6 Å². The molecule has 1 atom stereocenters. The Labute approximate surface area is 117 Å². The molecular formula is C15H14ClN3. The molecule has 2 aromatic rings. The van der Waals surface area contributed by atoms with E-state index in [4.69, 9.17) is 11.6 Å². The Morgan fingerprint density at radius 1 is 1.05 bits per heavy atom. The molecule has 3 nitrogen and oxygen atoms in total. The summed E-state index contributed by atoms with van der Waals surface area (Å²) in [7, 11) is 0. The van der Waals surface area contributed by atoms with Gasteiger partial charge in [-0.05, 0) is 11.6 Å². The van der Waals surface area contributed by atoms with Crippen LogP contribution in [0.1, 0.15) is 11.1 Å². The minimum atomic E-state index is -0.982. The molecule has 0 bridgehead atoms. The SMILES string of the molecule is ClC1(NCc2ccccc2)N=Cc2ccccc2N1. The van der Waals surface area contributed by atoms with Gasteiger partial charge in [0.05, 0.1) is 0 Å². The van der Waals surface area contributed by atoms with Crippen LogP contribution in [0.4, 0.5) is 5.69 Å². The summed E-state index contributed by atoms with van der Waals surface area (Å²) in [5.41, 5.74) is 3.19. The van der Waals surface area contributed by atoms with Gasteiger partial charge < -0.3 is 5.32 Å². The third-order valence-corrected chi connectivity index (χ3v) is 3.34. The lowest BCUT2D eigenvalue weighted by atomic mass is 10.1. The van der Waals surface area contributed by atoms with E-state index in [2.05, 4.69) is 15.6 Å². The van der Waals surface area contributed by atoms with Gasteiger partial charge in [0.25, 0.3) is 5.25 Å². The van der Waals surface area contributed by atoms with E-state index in [1.54, 1.807) is 6.21 Å². The third-order valence-electron chi connectivity index (χ3n) is 3.01. The normalized spacial score (nSPS) is 20.7. The molecule has 0 fully saturated rings. The molecule has 0 saturated carbocycles. The maximum atomic E-state index is 6.43. The van der Waals surface area contributed by atoms with E-state index in [-0.39, 0.29) is 0 Å². The van der Waals surface area contributed by atoms with Crippen molar-refractivity contribution in [2.24, 2.45) is 4.99 Å². The van der Waals surface area contributed by atoms with E-state index in [9.17, 15) is 0 Å². The summed E-state index contributed by atoms with van der Waals surface area (Å²) in [6.07, 6.45) is 1.79. The highest BCUT2D eigenvalue weighted by Crippen LogP contribution is 2.26. The average Bonchev–Trinajstić information content (AvgIpc) is 2.46. The number of nitrogens with one attached hydrogen (secondary N) is 2. The fraction of sp³-hybridized carbons (Fsp3) is 0.133. The lowest BCUT2D eigenvalue weighted by Crippen LogP contribution is -2.46. The molecule has 4 heteroatoms. The first kappa shape index (κ1) is 12.2. The summed E-state index contributed by atoms with van der Waals surface area (Å²) in [5.74, 6) is 0. The van der Waals surface area contributed by atoms with E-state index in [0.29, 0.717) is 6.54 Å². The number of alkyl halides is 1. The number of hydrogen-bond acceptors (Lipinski definition) is 3. The number of para-hydroxylation sites is 1. The Morgan fingerprint density at radius 3 is 2.63 bits per heavy atom. The van der Waals surface area contributed by atoms with Crippen molar-refractivity contribution in [2.45, 2.75) is 11.8 Å². The number of halogens is 1. The van der Waals surface area contributed by atoms with Gasteiger partial charge in [-0.2, -0.15) is 0 Å². The van der Waals surface area contributed by atoms with E-state index in [1.165, 1.54) is 5.56 Å². The monoisotopic (exact) mass is 271 g/mol. The number of benzene rings is 2. The van der Waals surface area contributed by atoms with Crippen LogP contribution in [-0.2, 0) is 6.54 Å². The summed E-state index contributed by atoms with van der Waals surface area (Å²) >= 11 is 6.43. The molecule has 2 aromatic carbocycles. The van der Waals surface area contributed by atoms with Gasteiger partial charge in [0.2, 0.25) is 0 Å². The van der Waals surface area contributed by atoms with E-state index >= 15 is 0 Å². The van der Waals surface area contributed by atoms with Crippen molar-refractivity contribution in [2.75, 3.05) is 5.32 Å². The van der Waals surface area contributed by atoms with Gasteiger partial charge in [0.15, 0.2) is 0 Å². The number of aliphatic imine (C=N–C) groups is 1. The highest BCUT2D eigenvalue weighted by Gasteiger charge is 2.28. The number of anilines is 1. The van der Waals surface area contributed by atoms with Gasteiger partial charge in [0.1, 0.15) is 0 Å².